The number of aliphatic hydroxyl groups is 3. The molecule has 202 valence electrons. The van der Waals surface area contributed by atoms with Crippen LogP contribution in [0.15, 0.2) is 0 Å². The summed E-state index contributed by atoms with van der Waals surface area (Å²) in [6.07, 6.45) is 4.89. The Hall–Kier alpha value is -0.580. The summed E-state index contributed by atoms with van der Waals surface area (Å²) in [6, 6.07) is 0. The summed E-state index contributed by atoms with van der Waals surface area (Å²) < 4.78 is 32.3. The standard InChI is InChI=1S/C26H45NO7S/c1-14(4-7-20(29)22(13-27)35(32,33)34)17-5-6-18-24-19(12-23(31)26(17,18)3)25(2)9-8-16(28)10-15(25)11-21(24)30/h14-19,21-24,28,30-31H,4-13,27H2,1-3H3,(H,32,33,34). The van der Waals surface area contributed by atoms with Crippen molar-refractivity contribution in [2.45, 2.75) is 102 Å². The molecule has 8 nitrogen and oxygen atoms in total. The molecule has 12 atom stereocenters. The van der Waals surface area contributed by atoms with Gasteiger partial charge in [-0.3, -0.25) is 9.35 Å². The Labute approximate surface area is 209 Å². The number of carbonyl (C=O) groups excluding carboxylic acids is 1. The van der Waals surface area contributed by atoms with E-state index in [1.165, 1.54) is 0 Å². The molecule has 0 amide bonds. The van der Waals surface area contributed by atoms with Crippen molar-refractivity contribution in [1.29, 1.82) is 0 Å². The number of Topliss-reactive ketones (excluding diaryl/α,β-unsaturated/α-hetero) is 1. The summed E-state index contributed by atoms with van der Waals surface area (Å²) in [5.74, 6) is 0.491. The highest BCUT2D eigenvalue weighted by Crippen LogP contribution is 2.68. The summed E-state index contributed by atoms with van der Waals surface area (Å²) in [5.41, 5.74) is 5.07. The van der Waals surface area contributed by atoms with Gasteiger partial charge in [-0.1, -0.05) is 20.8 Å². The van der Waals surface area contributed by atoms with Crippen LogP contribution in [0.2, 0.25) is 0 Å². The molecule has 0 aromatic rings. The second-order valence-electron chi connectivity index (χ2n) is 12.7. The minimum absolute atomic E-state index is 0.0208. The van der Waals surface area contributed by atoms with Crippen LogP contribution >= 0.6 is 0 Å². The minimum atomic E-state index is -4.52. The van der Waals surface area contributed by atoms with Crippen LogP contribution in [0.25, 0.3) is 0 Å². The Morgan fingerprint density at radius 2 is 1.74 bits per heavy atom. The zero-order valence-electron chi connectivity index (χ0n) is 21.3. The molecule has 4 aliphatic carbocycles. The molecule has 0 bridgehead atoms. The fourth-order valence-electron chi connectivity index (χ4n) is 9.28. The fraction of sp³-hybridized carbons (Fsp3) is 0.962. The van der Waals surface area contributed by atoms with Crippen molar-refractivity contribution >= 4 is 15.9 Å². The molecule has 12 unspecified atom stereocenters. The summed E-state index contributed by atoms with van der Waals surface area (Å²) in [4.78, 5) is 12.5. The molecule has 0 aromatic carbocycles. The van der Waals surface area contributed by atoms with E-state index in [0.717, 1.165) is 32.1 Å². The van der Waals surface area contributed by atoms with Crippen LogP contribution in [0.5, 0.6) is 0 Å². The number of nitrogens with two attached hydrogens (primary N) is 1. The summed E-state index contributed by atoms with van der Waals surface area (Å²) in [7, 11) is -4.52. The predicted molar refractivity (Wildman–Crippen MR) is 132 cm³/mol. The molecule has 9 heteroatoms. The SMILES string of the molecule is CC(CCC(=O)C(CN)S(=O)(=O)O)C1CCC2C3C(O)CC4CC(O)CCC4(C)C3CC(O)C12C. The van der Waals surface area contributed by atoms with Gasteiger partial charge in [0, 0.05) is 13.0 Å². The van der Waals surface area contributed by atoms with E-state index in [-0.39, 0.29) is 58.9 Å². The molecule has 4 saturated carbocycles. The highest BCUT2D eigenvalue weighted by atomic mass is 32.2. The lowest BCUT2D eigenvalue weighted by Crippen LogP contribution is -2.62. The lowest BCUT2D eigenvalue weighted by Gasteiger charge is -2.63. The number of rotatable bonds is 7. The van der Waals surface area contributed by atoms with Gasteiger partial charge in [-0.25, -0.2) is 0 Å². The monoisotopic (exact) mass is 515 g/mol. The third kappa shape index (κ3) is 4.52. The average Bonchev–Trinajstić information content (AvgIpc) is 3.12. The zero-order valence-corrected chi connectivity index (χ0v) is 22.2. The van der Waals surface area contributed by atoms with E-state index in [2.05, 4.69) is 20.8 Å². The second-order valence-corrected chi connectivity index (χ2v) is 14.3. The van der Waals surface area contributed by atoms with Gasteiger partial charge in [0.1, 0.15) is 0 Å². The van der Waals surface area contributed by atoms with Crippen molar-refractivity contribution in [2.75, 3.05) is 6.54 Å². The van der Waals surface area contributed by atoms with Crippen molar-refractivity contribution in [3.8, 4) is 0 Å². The molecule has 4 rings (SSSR count). The van der Waals surface area contributed by atoms with Crippen molar-refractivity contribution in [1.82, 2.24) is 0 Å². The van der Waals surface area contributed by atoms with Gasteiger partial charge in [-0.15, -0.1) is 0 Å². The molecule has 0 saturated heterocycles. The number of carbonyl (C=O) groups is 1. The topological polar surface area (TPSA) is 158 Å². The highest BCUT2D eigenvalue weighted by Gasteiger charge is 2.65. The first-order chi connectivity index (χ1) is 16.2. The summed E-state index contributed by atoms with van der Waals surface area (Å²) in [5, 5.41) is 31.7. The van der Waals surface area contributed by atoms with Crippen LogP contribution in [0, 0.1) is 46.3 Å². The van der Waals surface area contributed by atoms with Crippen molar-refractivity contribution in [3.05, 3.63) is 0 Å². The number of hydrogen-bond acceptors (Lipinski definition) is 7. The number of hydrogen-bond donors (Lipinski definition) is 5. The first kappa shape index (κ1) is 27.5. The molecule has 0 aliphatic heterocycles. The first-order valence-corrected chi connectivity index (χ1v) is 15.0. The van der Waals surface area contributed by atoms with E-state index in [1.54, 1.807) is 0 Å². The molecule has 0 radical (unpaired) electrons. The van der Waals surface area contributed by atoms with Gasteiger partial charge < -0.3 is 21.1 Å². The van der Waals surface area contributed by atoms with Gasteiger partial charge in [-0.2, -0.15) is 8.42 Å². The van der Waals surface area contributed by atoms with E-state index in [4.69, 9.17) is 5.73 Å². The maximum absolute atomic E-state index is 12.5. The van der Waals surface area contributed by atoms with Crippen molar-refractivity contribution in [3.63, 3.8) is 0 Å². The van der Waals surface area contributed by atoms with Gasteiger partial charge in [-0.05, 0) is 97.7 Å². The molecule has 0 aromatic heterocycles. The lowest BCUT2D eigenvalue weighted by molar-refractivity contribution is -0.207. The smallest absolute Gasteiger partial charge is 0.276 e. The van der Waals surface area contributed by atoms with Gasteiger partial charge in [0.25, 0.3) is 10.1 Å². The van der Waals surface area contributed by atoms with E-state index in [1.807, 2.05) is 0 Å². The lowest BCUT2D eigenvalue weighted by atomic mass is 9.43. The molecule has 4 aliphatic rings. The van der Waals surface area contributed by atoms with E-state index < -0.39 is 39.9 Å². The van der Waals surface area contributed by atoms with Crippen LogP contribution < -0.4 is 5.73 Å². The Kier molecular flexibility index (Phi) is 7.55. The van der Waals surface area contributed by atoms with Crippen molar-refractivity contribution < 1.29 is 33.1 Å². The molecular weight excluding hydrogens is 470 g/mol. The van der Waals surface area contributed by atoms with Crippen LogP contribution in [0.3, 0.4) is 0 Å². The molecule has 0 heterocycles. The normalized spacial score (nSPS) is 47.3. The zero-order chi connectivity index (χ0) is 25.9. The van der Waals surface area contributed by atoms with Crippen LogP contribution in [-0.2, 0) is 14.9 Å². The number of ketones is 1. The Bertz CT molecular complexity index is 911. The van der Waals surface area contributed by atoms with Gasteiger partial charge in [0.15, 0.2) is 11.0 Å². The van der Waals surface area contributed by atoms with Gasteiger partial charge >= 0.3 is 0 Å². The number of aliphatic hydroxyl groups excluding tert-OH is 3. The number of fused-ring (bicyclic) bond motifs is 5. The fourth-order valence-corrected chi connectivity index (χ4v) is 9.98. The van der Waals surface area contributed by atoms with Crippen molar-refractivity contribution in [2.24, 2.45) is 52.1 Å². The molecule has 0 spiro atoms. The Balaban J connectivity index is 1.51. The largest absolute Gasteiger partial charge is 0.393 e. The van der Waals surface area contributed by atoms with Gasteiger partial charge in [0.05, 0.1) is 18.3 Å². The third-order valence-electron chi connectivity index (χ3n) is 11.3. The molecule has 6 N–H and O–H groups in total. The quantitative estimate of drug-likeness (QED) is 0.323. The van der Waals surface area contributed by atoms with E-state index in [9.17, 15) is 33.1 Å². The highest BCUT2D eigenvalue weighted by molar-refractivity contribution is 7.87. The Morgan fingerprint density at radius 1 is 1.06 bits per heavy atom. The molecular formula is C26H45NO7S. The predicted octanol–water partition coefficient (Wildman–Crippen LogP) is 2.15. The molecule has 4 fully saturated rings. The maximum Gasteiger partial charge on any atom is 0.276 e. The summed E-state index contributed by atoms with van der Waals surface area (Å²) in [6.45, 7) is 6.09. The van der Waals surface area contributed by atoms with Gasteiger partial charge in [0.2, 0.25) is 0 Å². The minimum Gasteiger partial charge on any atom is -0.393 e. The summed E-state index contributed by atoms with van der Waals surface area (Å²) >= 11 is 0. The first-order valence-electron chi connectivity index (χ1n) is 13.5. The van der Waals surface area contributed by atoms with E-state index >= 15 is 0 Å². The van der Waals surface area contributed by atoms with E-state index in [0.29, 0.717) is 19.3 Å². The maximum atomic E-state index is 12.5. The van der Waals surface area contributed by atoms with Crippen LogP contribution in [-0.4, -0.2) is 64.2 Å². The Morgan fingerprint density at radius 3 is 2.37 bits per heavy atom. The average molecular weight is 516 g/mol. The van der Waals surface area contributed by atoms with Crippen LogP contribution in [0.4, 0.5) is 0 Å². The van der Waals surface area contributed by atoms with Crippen LogP contribution in [0.1, 0.15) is 78.6 Å². The second kappa shape index (κ2) is 9.62. The molecule has 35 heavy (non-hydrogen) atoms. The third-order valence-corrected chi connectivity index (χ3v) is 12.5.